The molecule has 2 aliphatic heterocycles. The Kier molecular flexibility index (Phi) is 10.1. The minimum absolute atomic E-state index is 0. The lowest BCUT2D eigenvalue weighted by molar-refractivity contribution is -0.138. The first-order valence-electron chi connectivity index (χ1n) is 13.3. The van der Waals surface area contributed by atoms with Gasteiger partial charge < -0.3 is 26.2 Å². The number of likely N-dealkylation sites (tertiary alicyclic amines) is 1. The van der Waals surface area contributed by atoms with E-state index in [2.05, 4.69) is 15.2 Å². The Balaban J connectivity index is 0.00000420. The molecular weight excluding hydrogens is 520 g/mol. The number of nitrogens with two attached hydrogens (primary N) is 2. The van der Waals surface area contributed by atoms with Gasteiger partial charge in [0.25, 0.3) is 0 Å². The van der Waals surface area contributed by atoms with Crippen molar-refractivity contribution in [3.63, 3.8) is 0 Å². The third kappa shape index (κ3) is 7.57. The van der Waals surface area contributed by atoms with Gasteiger partial charge in [-0.15, -0.1) is 12.4 Å². The van der Waals surface area contributed by atoms with Gasteiger partial charge in [0.1, 0.15) is 5.82 Å². The van der Waals surface area contributed by atoms with Gasteiger partial charge in [0.05, 0.1) is 11.2 Å². The van der Waals surface area contributed by atoms with Gasteiger partial charge in [0, 0.05) is 45.0 Å². The molecule has 2 aliphatic rings. The SMILES string of the molecule is CC1CN(C(=O)C(C)(C)N)CCN1C(=O)Nc1ccn(-c2ccc(CCN3CCC(CN)C3)cc2)c(=O)n1.Cl. The smallest absolute Gasteiger partial charge is 0.337 e. The molecule has 214 valence electrons. The van der Waals surface area contributed by atoms with E-state index in [9.17, 15) is 14.4 Å². The molecule has 0 saturated carbocycles. The van der Waals surface area contributed by atoms with Crippen molar-refractivity contribution >= 4 is 30.2 Å². The molecule has 0 radical (unpaired) electrons. The van der Waals surface area contributed by atoms with E-state index in [-0.39, 0.29) is 36.2 Å². The Bertz CT molecular complexity index is 1200. The van der Waals surface area contributed by atoms with Crippen molar-refractivity contribution < 1.29 is 9.59 Å². The van der Waals surface area contributed by atoms with Crippen LogP contribution in [0.4, 0.5) is 10.6 Å². The van der Waals surface area contributed by atoms with Crippen LogP contribution in [-0.4, -0.2) is 93.6 Å². The molecule has 2 unspecified atom stereocenters. The van der Waals surface area contributed by atoms with E-state index in [1.54, 1.807) is 35.9 Å². The van der Waals surface area contributed by atoms with E-state index in [0.29, 0.717) is 31.2 Å². The molecule has 3 heterocycles. The molecule has 2 fully saturated rings. The van der Waals surface area contributed by atoms with Crippen LogP contribution in [0, 0.1) is 5.92 Å². The molecule has 4 rings (SSSR count). The minimum Gasteiger partial charge on any atom is -0.337 e. The summed E-state index contributed by atoms with van der Waals surface area (Å²) in [5, 5.41) is 2.72. The summed E-state index contributed by atoms with van der Waals surface area (Å²) < 4.78 is 1.45. The number of amides is 3. The Morgan fingerprint density at radius 1 is 1.10 bits per heavy atom. The number of carbonyl (C=O) groups is 2. The lowest BCUT2D eigenvalue weighted by atomic mass is 10.0. The fraction of sp³-hybridized carbons (Fsp3) is 0.556. The fourth-order valence-electron chi connectivity index (χ4n) is 5.12. The zero-order valence-corrected chi connectivity index (χ0v) is 23.8. The summed E-state index contributed by atoms with van der Waals surface area (Å²) in [5.41, 5.74) is 12.2. The number of urea groups is 1. The van der Waals surface area contributed by atoms with Crippen LogP contribution in [0.3, 0.4) is 0 Å². The second-order valence-corrected chi connectivity index (χ2v) is 11.0. The maximum Gasteiger partial charge on any atom is 0.354 e. The van der Waals surface area contributed by atoms with Crippen LogP contribution in [0.5, 0.6) is 0 Å². The quantitative estimate of drug-likeness (QED) is 0.463. The van der Waals surface area contributed by atoms with Gasteiger partial charge in [-0.3, -0.25) is 14.7 Å². The predicted octanol–water partition coefficient (Wildman–Crippen LogP) is 1.28. The van der Waals surface area contributed by atoms with Crippen molar-refractivity contribution in [1.82, 2.24) is 24.3 Å². The number of nitrogens with one attached hydrogen (secondary N) is 1. The molecule has 5 N–H and O–H groups in total. The molecule has 0 spiro atoms. The predicted molar refractivity (Wildman–Crippen MR) is 154 cm³/mol. The lowest BCUT2D eigenvalue weighted by Crippen LogP contribution is -2.61. The summed E-state index contributed by atoms with van der Waals surface area (Å²) in [6, 6.07) is 8.93. The van der Waals surface area contributed by atoms with Crippen LogP contribution in [0.2, 0.25) is 0 Å². The molecule has 3 amide bonds. The first kappa shape index (κ1) is 30.6. The Labute approximate surface area is 235 Å². The van der Waals surface area contributed by atoms with Gasteiger partial charge in [0.15, 0.2) is 0 Å². The molecule has 12 heteroatoms. The monoisotopic (exact) mass is 560 g/mol. The van der Waals surface area contributed by atoms with Gasteiger partial charge in [-0.05, 0) is 76.4 Å². The topological polar surface area (TPSA) is 143 Å². The van der Waals surface area contributed by atoms with Crippen LogP contribution in [0.25, 0.3) is 5.69 Å². The number of nitrogens with zero attached hydrogens (tertiary/aromatic N) is 5. The van der Waals surface area contributed by atoms with E-state index in [0.717, 1.165) is 32.6 Å². The van der Waals surface area contributed by atoms with Crippen molar-refractivity contribution in [2.75, 3.05) is 51.1 Å². The Hall–Kier alpha value is -2.99. The minimum atomic E-state index is -0.958. The van der Waals surface area contributed by atoms with Crippen molar-refractivity contribution in [1.29, 1.82) is 0 Å². The van der Waals surface area contributed by atoms with Crippen molar-refractivity contribution in [2.45, 2.75) is 45.2 Å². The lowest BCUT2D eigenvalue weighted by Gasteiger charge is -2.41. The van der Waals surface area contributed by atoms with Gasteiger partial charge >= 0.3 is 11.7 Å². The highest BCUT2D eigenvalue weighted by Crippen LogP contribution is 2.17. The summed E-state index contributed by atoms with van der Waals surface area (Å²) in [6.45, 7) is 10.3. The number of hydrogen-bond donors (Lipinski definition) is 3. The molecule has 1 aromatic heterocycles. The van der Waals surface area contributed by atoms with Crippen LogP contribution in [0.1, 0.15) is 32.8 Å². The third-order valence-electron chi connectivity index (χ3n) is 7.40. The second kappa shape index (κ2) is 12.9. The van der Waals surface area contributed by atoms with E-state index in [4.69, 9.17) is 11.5 Å². The number of carbonyl (C=O) groups excluding carboxylic acids is 2. The summed E-state index contributed by atoms with van der Waals surface area (Å²) in [5.74, 6) is 0.649. The first-order valence-corrected chi connectivity index (χ1v) is 13.3. The van der Waals surface area contributed by atoms with Crippen LogP contribution in [-0.2, 0) is 11.2 Å². The Morgan fingerprint density at radius 3 is 2.41 bits per heavy atom. The first-order chi connectivity index (χ1) is 18.0. The molecule has 2 atom stereocenters. The average molecular weight is 561 g/mol. The van der Waals surface area contributed by atoms with E-state index in [1.807, 2.05) is 31.2 Å². The van der Waals surface area contributed by atoms with Crippen molar-refractivity contribution in [2.24, 2.45) is 17.4 Å². The van der Waals surface area contributed by atoms with Crippen LogP contribution < -0.4 is 22.5 Å². The zero-order chi connectivity index (χ0) is 27.4. The van der Waals surface area contributed by atoms with Gasteiger partial charge in [-0.1, -0.05) is 12.1 Å². The van der Waals surface area contributed by atoms with Crippen molar-refractivity contribution in [3.8, 4) is 5.69 Å². The highest BCUT2D eigenvalue weighted by atomic mass is 35.5. The Morgan fingerprint density at radius 2 is 1.82 bits per heavy atom. The maximum atomic E-state index is 12.9. The highest BCUT2D eigenvalue weighted by molar-refractivity contribution is 5.89. The number of hydrogen-bond acceptors (Lipinski definition) is 7. The van der Waals surface area contributed by atoms with Crippen LogP contribution in [0.15, 0.2) is 41.3 Å². The van der Waals surface area contributed by atoms with E-state index >= 15 is 0 Å². The summed E-state index contributed by atoms with van der Waals surface area (Å²) in [7, 11) is 0. The van der Waals surface area contributed by atoms with Gasteiger partial charge in [-0.2, -0.15) is 4.98 Å². The molecule has 11 nitrogen and oxygen atoms in total. The average Bonchev–Trinajstić information content (AvgIpc) is 3.35. The molecule has 0 bridgehead atoms. The molecule has 0 aliphatic carbocycles. The van der Waals surface area contributed by atoms with E-state index < -0.39 is 11.2 Å². The fourth-order valence-corrected chi connectivity index (χ4v) is 5.12. The number of benzene rings is 1. The number of piperazine rings is 1. The number of anilines is 1. The number of rotatable bonds is 7. The standard InChI is InChI=1S/C27H40N8O3.ClH/c1-19-17-33(24(36)27(2,3)29)14-15-34(19)25(37)30-23-10-13-35(26(38)31-23)22-6-4-20(5-7-22)8-11-32-12-9-21(16-28)18-32;/h4-7,10,13,19,21H,8-9,11-12,14-18,28-29H2,1-3H3,(H,30,31,37,38);1H. The normalized spacial score (nSPS) is 20.0. The third-order valence-corrected chi connectivity index (χ3v) is 7.40. The summed E-state index contributed by atoms with van der Waals surface area (Å²) in [4.78, 5) is 47.9. The zero-order valence-electron chi connectivity index (χ0n) is 23.0. The van der Waals surface area contributed by atoms with Gasteiger partial charge in [-0.25, -0.2) is 9.59 Å². The largest absolute Gasteiger partial charge is 0.354 e. The maximum absolute atomic E-state index is 12.9. The molecule has 2 aromatic rings. The second-order valence-electron chi connectivity index (χ2n) is 11.0. The summed E-state index contributed by atoms with van der Waals surface area (Å²) in [6.07, 6.45) is 3.73. The summed E-state index contributed by atoms with van der Waals surface area (Å²) >= 11 is 0. The molecule has 39 heavy (non-hydrogen) atoms. The number of halogens is 1. The van der Waals surface area contributed by atoms with Crippen molar-refractivity contribution in [3.05, 3.63) is 52.6 Å². The van der Waals surface area contributed by atoms with Crippen LogP contribution >= 0.6 is 12.4 Å². The number of aromatic nitrogens is 2. The molecule has 1 aromatic carbocycles. The van der Waals surface area contributed by atoms with Gasteiger partial charge in [0.2, 0.25) is 5.91 Å². The molecule has 2 saturated heterocycles. The van der Waals surface area contributed by atoms with E-state index in [1.165, 1.54) is 16.6 Å². The highest BCUT2D eigenvalue weighted by Gasteiger charge is 2.34. The molecular formula is C27H41ClN8O3.